The molecule has 1 fully saturated rings. The van der Waals surface area contributed by atoms with Crippen LogP contribution in [-0.2, 0) is 4.79 Å². The van der Waals surface area contributed by atoms with Crippen molar-refractivity contribution in [2.24, 2.45) is 5.41 Å². The van der Waals surface area contributed by atoms with Crippen molar-refractivity contribution in [1.82, 2.24) is 15.0 Å². The predicted octanol–water partition coefficient (Wildman–Crippen LogP) is 4.52. The van der Waals surface area contributed by atoms with E-state index in [-0.39, 0.29) is 0 Å². The minimum absolute atomic E-state index is 0.429. The molecule has 2 heterocycles. The number of aromatic nitrogens is 3. The number of hydrogen-bond donors (Lipinski definition) is 2. The van der Waals surface area contributed by atoms with Crippen molar-refractivity contribution in [2.45, 2.75) is 32.3 Å². The van der Waals surface area contributed by atoms with E-state index in [1.807, 2.05) is 25.1 Å². The first-order valence-corrected chi connectivity index (χ1v) is 11.4. The number of aliphatic carboxylic acids is 1. The molecule has 9 heteroatoms. The highest BCUT2D eigenvalue weighted by molar-refractivity contribution is 7.21. The van der Waals surface area contributed by atoms with Gasteiger partial charge in [-0.15, -0.1) is 11.3 Å². The topological polar surface area (TPSA) is 115 Å². The third-order valence-corrected chi connectivity index (χ3v) is 7.47. The van der Waals surface area contributed by atoms with Crippen molar-refractivity contribution >= 4 is 38.6 Å². The van der Waals surface area contributed by atoms with E-state index in [1.165, 1.54) is 11.3 Å². The van der Waals surface area contributed by atoms with Gasteiger partial charge in [0.05, 0.1) is 53.2 Å². The van der Waals surface area contributed by atoms with E-state index in [0.29, 0.717) is 51.6 Å². The van der Waals surface area contributed by atoms with Gasteiger partial charge >= 0.3 is 5.97 Å². The molecule has 0 bridgehead atoms. The molecular weight excluding hydrogens is 442 g/mol. The zero-order chi connectivity index (χ0) is 23.3. The number of fused-ring (bicyclic) bond motifs is 2. The molecule has 2 aromatic carbocycles. The lowest BCUT2D eigenvalue weighted by molar-refractivity contribution is -0.166. The van der Waals surface area contributed by atoms with Gasteiger partial charge in [0.25, 0.3) is 0 Å². The Kier molecular flexibility index (Phi) is 5.18. The first-order chi connectivity index (χ1) is 15.9. The number of ether oxygens (including phenoxy) is 2. The number of nitrogens with zero attached hydrogens (tertiary/aromatic N) is 3. The summed E-state index contributed by atoms with van der Waals surface area (Å²) in [4.78, 5) is 25.9. The van der Waals surface area contributed by atoms with Crippen LogP contribution in [0.5, 0.6) is 11.6 Å². The van der Waals surface area contributed by atoms with Gasteiger partial charge in [-0.3, -0.25) is 4.79 Å². The largest absolute Gasteiger partial charge is 0.497 e. The number of hydrogen-bond acceptors (Lipinski definition) is 8. The maximum Gasteiger partial charge on any atom is 0.312 e. The summed E-state index contributed by atoms with van der Waals surface area (Å²) in [6, 6.07) is 7.48. The lowest BCUT2D eigenvalue weighted by Crippen LogP contribution is -2.43. The fourth-order valence-electron chi connectivity index (χ4n) is 4.44. The van der Waals surface area contributed by atoms with Gasteiger partial charge in [-0.1, -0.05) is 6.42 Å². The van der Waals surface area contributed by atoms with Crippen molar-refractivity contribution in [3.05, 3.63) is 41.6 Å². The SMILES string of the molecule is COc1cc(C(O)C2(C(=O)O)CCC2)c2nc(-c3cc(C)cc4nc(OC)cnc34)sc2c1. The van der Waals surface area contributed by atoms with Crippen LogP contribution < -0.4 is 9.47 Å². The molecule has 1 aliphatic carbocycles. The standard InChI is InChI=1S/C24H23N3O5S/c1-12-7-15(19-16(8-12)26-18(32-3)11-25-19)22-27-20-14(9-13(31-2)10-17(20)33-22)21(28)24(23(29)30)5-4-6-24/h7-11,21,28H,4-6H2,1-3H3,(H,29,30). The van der Waals surface area contributed by atoms with E-state index in [2.05, 4.69) is 9.97 Å². The first kappa shape index (κ1) is 21.5. The molecule has 0 aliphatic heterocycles. The number of carboxylic acid groups (broad SMARTS) is 1. The molecule has 2 aromatic heterocycles. The second-order valence-electron chi connectivity index (χ2n) is 8.39. The van der Waals surface area contributed by atoms with Gasteiger partial charge in [0.2, 0.25) is 5.88 Å². The number of thiazole rings is 1. The number of aliphatic hydroxyl groups excluding tert-OH is 1. The number of carbonyl (C=O) groups is 1. The van der Waals surface area contributed by atoms with Crippen LogP contribution in [0.2, 0.25) is 0 Å². The molecule has 1 unspecified atom stereocenters. The van der Waals surface area contributed by atoms with Crippen molar-refractivity contribution in [3.63, 3.8) is 0 Å². The molecule has 1 aliphatic rings. The number of aryl methyl sites for hydroxylation is 1. The molecule has 33 heavy (non-hydrogen) atoms. The highest BCUT2D eigenvalue weighted by atomic mass is 32.1. The zero-order valence-electron chi connectivity index (χ0n) is 18.5. The Morgan fingerprint density at radius 2 is 1.91 bits per heavy atom. The molecule has 1 saturated carbocycles. The van der Waals surface area contributed by atoms with Crippen LogP contribution in [0.4, 0.5) is 0 Å². The molecule has 5 rings (SSSR count). The quantitative estimate of drug-likeness (QED) is 0.427. The van der Waals surface area contributed by atoms with Gasteiger partial charge in [0.15, 0.2) is 0 Å². The molecule has 1 atom stereocenters. The highest BCUT2D eigenvalue weighted by Gasteiger charge is 2.51. The van der Waals surface area contributed by atoms with E-state index in [1.54, 1.807) is 26.5 Å². The first-order valence-electron chi connectivity index (χ1n) is 10.6. The van der Waals surface area contributed by atoms with E-state index >= 15 is 0 Å². The van der Waals surface area contributed by atoms with Crippen molar-refractivity contribution < 1.29 is 24.5 Å². The second kappa shape index (κ2) is 7.93. The summed E-state index contributed by atoms with van der Waals surface area (Å²) >= 11 is 1.44. The molecule has 2 N–H and O–H groups in total. The Bertz CT molecular complexity index is 1400. The van der Waals surface area contributed by atoms with Crippen molar-refractivity contribution in [1.29, 1.82) is 0 Å². The van der Waals surface area contributed by atoms with Crippen molar-refractivity contribution in [2.75, 3.05) is 14.2 Å². The van der Waals surface area contributed by atoms with Crippen LogP contribution in [0.1, 0.15) is 36.5 Å². The number of methoxy groups -OCH3 is 2. The molecule has 4 aromatic rings. The summed E-state index contributed by atoms with van der Waals surface area (Å²) in [6.07, 6.45) is 2.02. The molecular formula is C24H23N3O5S. The second-order valence-corrected chi connectivity index (χ2v) is 9.42. The normalized spacial score (nSPS) is 15.9. The van der Waals surface area contributed by atoms with E-state index < -0.39 is 17.5 Å². The Balaban J connectivity index is 1.71. The lowest BCUT2D eigenvalue weighted by Gasteiger charge is -2.41. The van der Waals surface area contributed by atoms with Crippen molar-refractivity contribution in [3.8, 4) is 22.2 Å². The molecule has 0 amide bonds. The predicted molar refractivity (Wildman–Crippen MR) is 125 cm³/mol. The van der Waals surface area contributed by atoms with E-state index in [4.69, 9.17) is 14.5 Å². The van der Waals surface area contributed by atoms with Crippen LogP contribution in [0.15, 0.2) is 30.5 Å². The summed E-state index contributed by atoms with van der Waals surface area (Å²) in [7, 11) is 3.10. The van der Waals surface area contributed by atoms with E-state index in [9.17, 15) is 15.0 Å². The maximum absolute atomic E-state index is 12.0. The summed E-state index contributed by atoms with van der Waals surface area (Å²) in [5, 5.41) is 21.8. The average Bonchev–Trinajstić information content (AvgIpc) is 3.20. The summed E-state index contributed by atoms with van der Waals surface area (Å²) in [5.74, 6) is -0.00947. The van der Waals surface area contributed by atoms with Gasteiger partial charge in [-0.2, -0.15) is 0 Å². The average molecular weight is 466 g/mol. The summed E-state index contributed by atoms with van der Waals surface area (Å²) in [6.45, 7) is 1.98. The van der Waals surface area contributed by atoms with Gasteiger partial charge in [-0.25, -0.2) is 15.0 Å². The van der Waals surface area contributed by atoms with Gasteiger partial charge in [0.1, 0.15) is 10.8 Å². The van der Waals surface area contributed by atoms with Gasteiger partial charge in [0, 0.05) is 11.1 Å². The monoisotopic (exact) mass is 465 g/mol. The Labute approximate surface area is 193 Å². The minimum Gasteiger partial charge on any atom is -0.497 e. The minimum atomic E-state index is -1.19. The number of carboxylic acids is 1. The summed E-state index contributed by atoms with van der Waals surface area (Å²) < 4.78 is 11.5. The number of benzene rings is 2. The maximum atomic E-state index is 12.0. The Morgan fingerprint density at radius 3 is 2.55 bits per heavy atom. The third-order valence-electron chi connectivity index (χ3n) is 6.43. The fourth-order valence-corrected chi connectivity index (χ4v) is 5.49. The van der Waals surface area contributed by atoms with Crippen LogP contribution in [-0.4, -0.2) is 45.4 Å². The smallest absolute Gasteiger partial charge is 0.312 e. The zero-order valence-corrected chi connectivity index (χ0v) is 19.3. The summed E-state index contributed by atoms with van der Waals surface area (Å²) in [5.41, 5.74) is 3.05. The Morgan fingerprint density at radius 1 is 1.12 bits per heavy atom. The molecule has 170 valence electrons. The van der Waals surface area contributed by atoms with Crippen LogP contribution >= 0.6 is 11.3 Å². The van der Waals surface area contributed by atoms with Crippen LogP contribution in [0.3, 0.4) is 0 Å². The fraction of sp³-hybridized carbons (Fsp3) is 0.333. The number of aliphatic hydroxyl groups is 1. The van der Waals surface area contributed by atoms with Crippen LogP contribution in [0.25, 0.3) is 31.8 Å². The Hall–Kier alpha value is -3.30. The highest BCUT2D eigenvalue weighted by Crippen LogP contribution is 2.52. The third kappa shape index (κ3) is 3.39. The van der Waals surface area contributed by atoms with Gasteiger partial charge < -0.3 is 19.7 Å². The van der Waals surface area contributed by atoms with E-state index in [0.717, 1.165) is 22.2 Å². The van der Waals surface area contributed by atoms with Gasteiger partial charge in [-0.05, 0) is 49.6 Å². The molecule has 0 spiro atoms. The molecule has 8 nitrogen and oxygen atoms in total. The lowest BCUT2D eigenvalue weighted by atomic mass is 9.63. The molecule has 0 saturated heterocycles. The molecule has 0 radical (unpaired) electrons. The van der Waals surface area contributed by atoms with Crippen LogP contribution in [0, 0.1) is 12.3 Å². The number of rotatable bonds is 6.